The van der Waals surface area contributed by atoms with Crippen molar-refractivity contribution in [2.24, 2.45) is 4.99 Å². The van der Waals surface area contributed by atoms with Crippen LogP contribution in [-0.2, 0) is 9.53 Å². The molecule has 4 aromatic carbocycles. The van der Waals surface area contributed by atoms with Crippen LogP contribution in [0.2, 0.25) is 10.0 Å². The van der Waals surface area contributed by atoms with Crippen LogP contribution in [0.15, 0.2) is 114 Å². The molecule has 0 unspecified atom stereocenters. The number of unbranched alkanes of at least 4 members (excludes halogenated alkanes) is 1. The fraction of sp³-hybridized carbons (Fsp3) is 0.162. The number of rotatable bonds is 12. The van der Waals surface area contributed by atoms with Gasteiger partial charge in [-0.3, -0.25) is 9.98 Å². The molecule has 5 rings (SSSR count). The molecule has 0 aliphatic carbocycles. The van der Waals surface area contributed by atoms with E-state index in [1.807, 2.05) is 97.1 Å². The molecule has 0 aliphatic heterocycles. The monoisotopic (exact) mass is 667 g/mol. The highest BCUT2D eigenvalue weighted by Crippen LogP contribution is 2.26. The lowest BCUT2D eigenvalue weighted by molar-refractivity contribution is -0.135. The number of benzene rings is 4. The topological polar surface area (TPSA) is 96.9 Å². The normalized spacial score (nSPS) is 11.7. The van der Waals surface area contributed by atoms with Crippen molar-refractivity contribution in [2.75, 3.05) is 36.1 Å². The second-order valence-corrected chi connectivity index (χ2v) is 11.5. The van der Waals surface area contributed by atoms with Crippen molar-refractivity contribution in [2.45, 2.75) is 19.8 Å². The van der Waals surface area contributed by atoms with Gasteiger partial charge in [0.25, 0.3) is 0 Å². The van der Waals surface area contributed by atoms with Crippen molar-refractivity contribution in [3.05, 3.63) is 124 Å². The number of aromatic nitrogens is 1. The van der Waals surface area contributed by atoms with E-state index in [2.05, 4.69) is 20.9 Å². The Balaban J connectivity index is 1.17. The summed E-state index contributed by atoms with van der Waals surface area (Å²) in [5.41, 5.74) is 5.02. The number of carbonyl (C=O) groups is 1. The standard InChI is InChI=1S/C37H35Cl2N5O3/c1-25(36(45)46-2)23-26-5-14-31(15-6-26)47-32-16-12-30(13-17-32)44-37(43-29-10-7-27(38)8-11-29)42-21-4-3-20-40-34-19-22-41-35-24-28(39)9-18-33(34)35/h5-19,22-24H,3-4,20-21H2,1-2H3,(H,40,41)(H2,42,43,44)/b25-23+. The van der Waals surface area contributed by atoms with Gasteiger partial charge in [-0.15, -0.1) is 0 Å². The van der Waals surface area contributed by atoms with Crippen molar-refractivity contribution < 1.29 is 14.3 Å². The number of carbonyl (C=O) groups excluding carboxylic acids is 1. The largest absolute Gasteiger partial charge is 0.466 e. The number of nitrogens with one attached hydrogen (secondary N) is 3. The van der Waals surface area contributed by atoms with E-state index in [1.165, 1.54) is 7.11 Å². The molecule has 0 amide bonds. The summed E-state index contributed by atoms with van der Waals surface area (Å²) in [4.78, 5) is 20.9. The number of fused-ring (bicyclic) bond motifs is 1. The molecule has 0 radical (unpaired) electrons. The van der Waals surface area contributed by atoms with Crippen LogP contribution in [0.3, 0.4) is 0 Å². The van der Waals surface area contributed by atoms with Crippen LogP contribution in [-0.4, -0.2) is 37.1 Å². The highest BCUT2D eigenvalue weighted by molar-refractivity contribution is 6.31. The maximum absolute atomic E-state index is 11.7. The first-order valence-corrected chi connectivity index (χ1v) is 15.9. The molecule has 47 heavy (non-hydrogen) atoms. The van der Waals surface area contributed by atoms with Crippen molar-refractivity contribution in [3.8, 4) is 11.5 Å². The average Bonchev–Trinajstić information content (AvgIpc) is 3.08. The number of ether oxygens (including phenoxy) is 2. The van der Waals surface area contributed by atoms with Crippen molar-refractivity contribution in [3.63, 3.8) is 0 Å². The maximum Gasteiger partial charge on any atom is 0.333 e. The minimum atomic E-state index is -0.356. The van der Waals surface area contributed by atoms with Gasteiger partial charge in [0.1, 0.15) is 11.5 Å². The zero-order valence-corrected chi connectivity index (χ0v) is 27.6. The van der Waals surface area contributed by atoms with Crippen molar-refractivity contribution >= 4 is 69.2 Å². The van der Waals surface area contributed by atoms with Gasteiger partial charge in [-0.2, -0.15) is 0 Å². The molecule has 0 fully saturated rings. The first-order chi connectivity index (χ1) is 22.9. The fourth-order valence-electron chi connectivity index (χ4n) is 4.69. The van der Waals surface area contributed by atoms with Crippen molar-refractivity contribution in [1.82, 2.24) is 4.98 Å². The Bertz CT molecular complexity index is 1860. The highest BCUT2D eigenvalue weighted by atomic mass is 35.5. The number of nitrogens with zero attached hydrogens (tertiary/aromatic N) is 2. The summed E-state index contributed by atoms with van der Waals surface area (Å²) >= 11 is 12.2. The van der Waals surface area contributed by atoms with Crippen LogP contribution in [0.25, 0.3) is 17.0 Å². The lowest BCUT2D eigenvalue weighted by atomic mass is 10.1. The Morgan fingerprint density at radius 1 is 0.830 bits per heavy atom. The van der Waals surface area contributed by atoms with Gasteiger partial charge in [0, 0.05) is 57.4 Å². The van der Waals surface area contributed by atoms with Gasteiger partial charge in [0.05, 0.1) is 12.6 Å². The summed E-state index contributed by atoms with van der Waals surface area (Å²) in [5, 5.41) is 12.6. The Kier molecular flexibility index (Phi) is 11.7. The van der Waals surface area contributed by atoms with Crippen LogP contribution in [0.5, 0.6) is 11.5 Å². The minimum absolute atomic E-state index is 0.356. The van der Waals surface area contributed by atoms with E-state index >= 15 is 0 Å². The Hall–Kier alpha value is -5.05. The van der Waals surface area contributed by atoms with Gasteiger partial charge < -0.3 is 25.4 Å². The Morgan fingerprint density at radius 3 is 2.15 bits per heavy atom. The molecule has 10 heteroatoms. The lowest BCUT2D eigenvalue weighted by Crippen LogP contribution is -2.22. The fourth-order valence-corrected chi connectivity index (χ4v) is 4.98. The van der Waals surface area contributed by atoms with Gasteiger partial charge >= 0.3 is 5.97 Å². The smallest absolute Gasteiger partial charge is 0.333 e. The molecule has 0 spiro atoms. The van der Waals surface area contributed by atoms with Gasteiger partial charge in [-0.1, -0.05) is 35.3 Å². The summed E-state index contributed by atoms with van der Waals surface area (Å²) in [6.07, 6.45) is 5.38. The molecule has 0 saturated heterocycles. The maximum atomic E-state index is 11.7. The number of aliphatic imine (C=N–C) groups is 1. The number of methoxy groups -OCH3 is 1. The summed E-state index contributed by atoms with van der Waals surface area (Å²) in [6.45, 7) is 3.15. The molecule has 0 aliphatic rings. The molecular formula is C37H35Cl2N5O3. The third-order valence-electron chi connectivity index (χ3n) is 7.11. The van der Waals surface area contributed by atoms with Crippen LogP contribution >= 0.6 is 23.2 Å². The van der Waals surface area contributed by atoms with Crippen LogP contribution in [0.4, 0.5) is 17.1 Å². The number of hydrogen-bond acceptors (Lipinski definition) is 6. The van der Waals surface area contributed by atoms with E-state index in [1.54, 1.807) is 19.2 Å². The zero-order chi connectivity index (χ0) is 33.0. The minimum Gasteiger partial charge on any atom is -0.466 e. The molecule has 0 saturated carbocycles. The molecule has 0 bridgehead atoms. The second kappa shape index (κ2) is 16.5. The van der Waals surface area contributed by atoms with Gasteiger partial charge in [-0.05, 0) is 116 Å². The number of pyridine rings is 1. The highest BCUT2D eigenvalue weighted by Gasteiger charge is 2.06. The van der Waals surface area contributed by atoms with E-state index in [4.69, 9.17) is 37.7 Å². The molecular weight excluding hydrogens is 633 g/mol. The summed E-state index contributed by atoms with van der Waals surface area (Å²) < 4.78 is 10.8. The Morgan fingerprint density at radius 2 is 1.47 bits per heavy atom. The van der Waals surface area contributed by atoms with Crippen LogP contribution in [0.1, 0.15) is 25.3 Å². The SMILES string of the molecule is COC(=O)/C(C)=C/c1ccc(Oc2ccc(NC(=NCCCCNc3ccnc4cc(Cl)ccc34)Nc3ccc(Cl)cc3)cc2)cc1. The zero-order valence-electron chi connectivity index (χ0n) is 26.1. The summed E-state index contributed by atoms with van der Waals surface area (Å²) in [5.74, 6) is 1.63. The number of guanidine groups is 1. The number of esters is 1. The molecule has 1 aromatic heterocycles. The number of anilines is 3. The van der Waals surface area contributed by atoms with E-state index in [0.717, 1.165) is 52.9 Å². The van der Waals surface area contributed by atoms with Gasteiger partial charge in [0.2, 0.25) is 0 Å². The molecule has 3 N–H and O–H groups in total. The molecule has 8 nitrogen and oxygen atoms in total. The Labute approximate surface area is 284 Å². The average molecular weight is 669 g/mol. The van der Waals surface area contributed by atoms with Crippen LogP contribution < -0.4 is 20.7 Å². The van der Waals surface area contributed by atoms with Gasteiger partial charge in [0.15, 0.2) is 5.96 Å². The predicted octanol–water partition coefficient (Wildman–Crippen LogP) is 9.68. The van der Waals surface area contributed by atoms with E-state index in [9.17, 15) is 4.79 Å². The second-order valence-electron chi connectivity index (χ2n) is 10.7. The summed E-state index contributed by atoms with van der Waals surface area (Å²) in [7, 11) is 1.37. The van der Waals surface area contributed by atoms with Gasteiger partial charge in [-0.25, -0.2) is 4.79 Å². The molecule has 240 valence electrons. The van der Waals surface area contributed by atoms with Crippen LogP contribution in [0, 0.1) is 0 Å². The third kappa shape index (κ3) is 9.97. The third-order valence-corrected chi connectivity index (χ3v) is 7.59. The molecule has 1 heterocycles. The number of hydrogen-bond donors (Lipinski definition) is 3. The van der Waals surface area contributed by atoms with E-state index < -0.39 is 0 Å². The summed E-state index contributed by atoms with van der Waals surface area (Å²) in [6, 6.07) is 30.3. The lowest BCUT2D eigenvalue weighted by Gasteiger charge is -2.14. The predicted molar refractivity (Wildman–Crippen MR) is 194 cm³/mol. The van der Waals surface area contributed by atoms with E-state index in [0.29, 0.717) is 39.6 Å². The quantitative estimate of drug-likeness (QED) is 0.0401. The molecule has 5 aromatic rings. The van der Waals surface area contributed by atoms with Crippen molar-refractivity contribution in [1.29, 1.82) is 0 Å². The first-order valence-electron chi connectivity index (χ1n) is 15.1. The van der Waals surface area contributed by atoms with E-state index in [-0.39, 0.29) is 5.97 Å². The first kappa shape index (κ1) is 33.3. The molecule has 0 atom stereocenters. The number of halogens is 2.